The molecule has 0 amide bonds. The average Bonchev–Trinajstić information content (AvgIpc) is 1.78. The van der Waals surface area contributed by atoms with Crippen LogP contribution in [0.4, 0.5) is 0 Å². The van der Waals surface area contributed by atoms with Crippen LogP contribution in [-0.2, 0) is 4.74 Å². The Hall–Kier alpha value is -0.640. The van der Waals surface area contributed by atoms with Crippen molar-refractivity contribution >= 4 is 0 Å². The third kappa shape index (κ3) is 9.36. The molecule has 0 atom stereocenters. The van der Waals surface area contributed by atoms with Crippen LogP contribution in [0.5, 0.6) is 0 Å². The topological polar surface area (TPSA) is 9.23 Å². The quantitative estimate of drug-likeness (QED) is 0.556. The van der Waals surface area contributed by atoms with Crippen molar-refractivity contribution in [3.63, 3.8) is 0 Å². The van der Waals surface area contributed by atoms with E-state index in [9.17, 15) is 0 Å². The minimum atomic E-state index is 0.0526. The van der Waals surface area contributed by atoms with Crippen molar-refractivity contribution < 1.29 is 4.74 Å². The fraction of sp³-hybridized carbons (Fsp3) is 0.800. The molecular weight excluding hydrogens is 136 g/mol. The van der Waals surface area contributed by atoms with Crippen LogP contribution in [-0.4, -0.2) is 6.61 Å². The van der Waals surface area contributed by atoms with Gasteiger partial charge in [-0.2, -0.15) is 0 Å². The van der Waals surface area contributed by atoms with Crippen LogP contribution in [0.25, 0.3) is 0 Å². The monoisotopic (exact) mass is 154 g/mol. The Bertz CT molecular complexity index is 152. The van der Waals surface area contributed by atoms with E-state index in [1.807, 2.05) is 0 Å². The van der Waals surface area contributed by atoms with Crippen molar-refractivity contribution in [2.75, 3.05) is 6.61 Å². The second-order valence-electron chi connectivity index (χ2n) is 4.18. The molecule has 0 aliphatic rings. The molecular formula is C10H18O. The summed E-state index contributed by atoms with van der Waals surface area (Å²) in [5.74, 6) is 3.56. The largest absolute Gasteiger partial charge is 0.446 e. The molecule has 0 aromatic carbocycles. The molecule has 0 heterocycles. The van der Waals surface area contributed by atoms with Gasteiger partial charge in [0.25, 0.3) is 0 Å². The Labute approximate surface area is 70.1 Å². The standard InChI is InChI=1S/C10H18O/c1-9(2)8-11-7-6-10(3,4)5/h9H,8H2,1-5H3. The Morgan fingerprint density at radius 3 is 2.18 bits per heavy atom. The van der Waals surface area contributed by atoms with E-state index < -0.39 is 0 Å². The van der Waals surface area contributed by atoms with Gasteiger partial charge in [-0.05, 0) is 26.7 Å². The van der Waals surface area contributed by atoms with Gasteiger partial charge in [0.1, 0.15) is 12.7 Å². The summed E-state index contributed by atoms with van der Waals surface area (Å²) in [6.07, 6.45) is 2.71. The van der Waals surface area contributed by atoms with Gasteiger partial charge in [0.2, 0.25) is 0 Å². The van der Waals surface area contributed by atoms with Crippen molar-refractivity contribution in [3.8, 4) is 12.0 Å². The molecule has 0 saturated carbocycles. The first kappa shape index (κ1) is 10.4. The molecule has 0 aliphatic carbocycles. The Balaban J connectivity index is 3.57. The van der Waals surface area contributed by atoms with Crippen LogP contribution >= 0.6 is 0 Å². The minimum Gasteiger partial charge on any atom is -0.446 e. The Morgan fingerprint density at radius 2 is 1.82 bits per heavy atom. The predicted octanol–water partition coefficient (Wildman–Crippen LogP) is 2.67. The molecule has 0 aromatic rings. The van der Waals surface area contributed by atoms with E-state index in [1.165, 1.54) is 0 Å². The highest BCUT2D eigenvalue weighted by atomic mass is 16.5. The number of hydrogen-bond donors (Lipinski definition) is 0. The molecule has 0 radical (unpaired) electrons. The van der Waals surface area contributed by atoms with E-state index in [-0.39, 0.29) is 5.41 Å². The summed E-state index contributed by atoms with van der Waals surface area (Å²) in [6, 6.07) is 0. The molecule has 0 unspecified atom stereocenters. The van der Waals surface area contributed by atoms with Gasteiger partial charge in [0, 0.05) is 5.41 Å². The normalized spacial score (nSPS) is 10.7. The van der Waals surface area contributed by atoms with E-state index in [0.29, 0.717) is 5.92 Å². The summed E-state index contributed by atoms with van der Waals surface area (Å²) >= 11 is 0. The zero-order valence-electron chi connectivity index (χ0n) is 8.19. The van der Waals surface area contributed by atoms with Gasteiger partial charge in [-0.3, -0.25) is 0 Å². The zero-order chi connectivity index (χ0) is 8.91. The molecule has 0 N–H and O–H groups in total. The lowest BCUT2D eigenvalue weighted by Crippen LogP contribution is -2.01. The highest BCUT2D eigenvalue weighted by Gasteiger charge is 2.03. The third-order valence-corrected chi connectivity index (χ3v) is 0.915. The summed E-state index contributed by atoms with van der Waals surface area (Å²) in [6.45, 7) is 11.1. The van der Waals surface area contributed by atoms with Crippen molar-refractivity contribution in [3.05, 3.63) is 0 Å². The van der Waals surface area contributed by atoms with Gasteiger partial charge in [0.15, 0.2) is 0 Å². The van der Waals surface area contributed by atoms with Crippen molar-refractivity contribution in [2.24, 2.45) is 11.3 Å². The van der Waals surface area contributed by atoms with Crippen LogP contribution in [0.3, 0.4) is 0 Å². The summed E-state index contributed by atoms with van der Waals surface area (Å²) in [4.78, 5) is 0. The van der Waals surface area contributed by atoms with Gasteiger partial charge in [-0.1, -0.05) is 19.8 Å². The maximum atomic E-state index is 5.11. The SMILES string of the molecule is CC(C)COC#CC(C)(C)C. The fourth-order valence-electron chi connectivity index (χ4n) is 0.398. The van der Waals surface area contributed by atoms with Crippen LogP contribution in [0, 0.1) is 23.4 Å². The summed E-state index contributed by atoms with van der Waals surface area (Å²) in [5, 5.41) is 0. The molecule has 0 spiro atoms. The number of rotatable bonds is 2. The van der Waals surface area contributed by atoms with Crippen molar-refractivity contribution in [1.29, 1.82) is 0 Å². The fourth-order valence-corrected chi connectivity index (χ4v) is 0.398. The van der Waals surface area contributed by atoms with Gasteiger partial charge in [0.05, 0.1) is 0 Å². The van der Waals surface area contributed by atoms with Crippen LogP contribution in [0.1, 0.15) is 34.6 Å². The molecule has 0 aliphatic heterocycles. The van der Waals surface area contributed by atoms with E-state index >= 15 is 0 Å². The van der Waals surface area contributed by atoms with E-state index in [1.54, 1.807) is 0 Å². The van der Waals surface area contributed by atoms with Gasteiger partial charge in [-0.25, -0.2) is 0 Å². The average molecular weight is 154 g/mol. The van der Waals surface area contributed by atoms with Crippen LogP contribution < -0.4 is 0 Å². The molecule has 11 heavy (non-hydrogen) atoms. The van der Waals surface area contributed by atoms with Crippen LogP contribution in [0.15, 0.2) is 0 Å². The van der Waals surface area contributed by atoms with E-state index in [4.69, 9.17) is 4.74 Å². The lowest BCUT2D eigenvalue weighted by molar-refractivity contribution is 0.234. The number of hydrogen-bond acceptors (Lipinski definition) is 1. The van der Waals surface area contributed by atoms with E-state index in [2.05, 4.69) is 46.6 Å². The summed E-state index contributed by atoms with van der Waals surface area (Å²) in [5.41, 5.74) is 0.0526. The van der Waals surface area contributed by atoms with Crippen molar-refractivity contribution in [2.45, 2.75) is 34.6 Å². The second-order valence-corrected chi connectivity index (χ2v) is 4.18. The second kappa shape index (κ2) is 4.28. The molecule has 0 fully saturated rings. The molecule has 64 valence electrons. The number of ether oxygens (including phenoxy) is 1. The lowest BCUT2D eigenvalue weighted by Gasteiger charge is -2.06. The van der Waals surface area contributed by atoms with Crippen LogP contribution in [0.2, 0.25) is 0 Å². The smallest absolute Gasteiger partial charge is 0.110 e. The first-order chi connectivity index (χ1) is 4.92. The van der Waals surface area contributed by atoms with Gasteiger partial charge >= 0.3 is 0 Å². The Morgan fingerprint density at radius 1 is 1.27 bits per heavy atom. The van der Waals surface area contributed by atoms with Gasteiger partial charge < -0.3 is 4.74 Å². The highest BCUT2D eigenvalue weighted by molar-refractivity contribution is 5.02. The summed E-state index contributed by atoms with van der Waals surface area (Å²) in [7, 11) is 0. The Kier molecular flexibility index (Phi) is 4.03. The molecule has 0 bridgehead atoms. The maximum absolute atomic E-state index is 5.11. The first-order valence-corrected chi connectivity index (χ1v) is 4.06. The molecule has 0 aromatic heterocycles. The maximum Gasteiger partial charge on any atom is 0.110 e. The molecule has 0 saturated heterocycles. The minimum absolute atomic E-state index is 0.0526. The zero-order valence-corrected chi connectivity index (χ0v) is 8.19. The highest BCUT2D eigenvalue weighted by Crippen LogP contribution is 2.09. The molecule has 0 rings (SSSR count). The lowest BCUT2D eigenvalue weighted by atomic mass is 9.99. The predicted molar refractivity (Wildman–Crippen MR) is 48.0 cm³/mol. The first-order valence-electron chi connectivity index (χ1n) is 4.06. The molecule has 1 nitrogen and oxygen atoms in total. The third-order valence-electron chi connectivity index (χ3n) is 0.915. The molecule has 1 heteroatoms. The van der Waals surface area contributed by atoms with E-state index in [0.717, 1.165) is 6.61 Å². The van der Waals surface area contributed by atoms with Crippen molar-refractivity contribution in [1.82, 2.24) is 0 Å². The summed E-state index contributed by atoms with van der Waals surface area (Å²) < 4.78 is 5.11. The van der Waals surface area contributed by atoms with Gasteiger partial charge in [-0.15, -0.1) is 0 Å².